The highest BCUT2D eigenvalue weighted by molar-refractivity contribution is 5.41. The predicted molar refractivity (Wildman–Crippen MR) is 65.9 cm³/mol. The first-order chi connectivity index (χ1) is 6.40. The number of nitrogens with zero attached hydrogens (tertiary/aromatic N) is 1. The quantitative estimate of drug-likeness (QED) is 0.590. The van der Waals surface area contributed by atoms with Gasteiger partial charge >= 0.3 is 0 Å². The molecule has 88 valence electrons. The van der Waals surface area contributed by atoms with Crippen molar-refractivity contribution in [3.63, 3.8) is 0 Å². The van der Waals surface area contributed by atoms with Crippen molar-refractivity contribution in [2.75, 3.05) is 7.05 Å². The maximum atomic E-state index is 2.59. The van der Waals surface area contributed by atoms with Gasteiger partial charge in [0.05, 0.1) is 0 Å². The molecule has 1 aliphatic heterocycles. The Hall–Kier alpha value is -0.0400. The normalized spacial score (nSPS) is 50.2. The molecule has 0 aromatic rings. The van der Waals surface area contributed by atoms with Crippen molar-refractivity contribution < 1.29 is 0 Å². The Morgan fingerprint density at radius 1 is 0.600 bits per heavy atom. The molecular formula is C14H27N. The van der Waals surface area contributed by atoms with Gasteiger partial charge in [-0.2, -0.15) is 0 Å². The molecule has 0 N–H and O–H groups in total. The van der Waals surface area contributed by atoms with Gasteiger partial charge in [-0.25, -0.2) is 0 Å². The van der Waals surface area contributed by atoms with Crippen LogP contribution in [-0.2, 0) is 0 Å². The van der Waals surface area contributed by atoms with Crippen LogP contribution in [0.15, 0.2) is 0 Å². The van der Waals surface area contributed by atoms with E-state index < -0.39 is 0 Å². The minimum atomic E-state index is 0.286. The lowest BCUT2D eigenvalue weighted by Crippen LogP contribution is -2.54. The average Bonchev–Trinajstić information content (AvgIpc) is 2.43. The lowest BCUT2D eigenvalue weighted by atomic mass is 9.79. The molecule has 2 unspecified atom stereocenters. The van der Waals surface area contributed by atoms with Gasteiger partial charge in [0.2, 0.25) is 0 Å². The lowest BCUT2D eigenvalue weighted by molar-refractivity contribution is 0.00947. The summed E-state index contributed by atoms with van der Waals surface area (Å²) in [6, 6.07) is 0. The fourth-order valence-electron chi connectivity index (χ4n) is 5.47. The maximum Gasteiger partial charge on any atom is 0.0220 e. The van der Waals surface area contributed by atoms with Crippen LogP contribution in [0.25, 0.3) is 0 Å². The van der Waals surface area contributed by atoms with Gasteiger partial charge < -0.3 is 0 Å². The highest BCUT2D eigenvalue weighted by atomic mass is 15.3. The number of piperidine rings is 1. The molecule has 0 aromatic carbocycles. The maximum absolute atomic E-state index is 2.59. The zero-order chi connectivity index (χ0) is 12.1. The van der Waals surface area contributed by atoms with Gasteiger partial charge in [-0.05, 0) is 51.0 Å². The van der Waals surface area contributed by atoms with Crippen LogP contribution >= 0.6 is 0 Å². The summed E-state index contributed by atoms with van der Waals surface area (Å²) in [6.45, 7) is 19.5. The second-order valence-electron chi connectivity index (χ2n) is 7.55. The van der Waals surface area contributed by atoms with Crippen LogP contribution < -0.4 is 0 Å². The van der Waals surface area contributed by atoms with Crippen molar-refractivity contribution in [1.29, 1.82) is 0 Å². The van der Waals surface area contributed by atoms with Gasteiger partial charge in [-0.1, -0.05) is 27.7 Å². The van der Waals surface area contributed by atoms with E-state index in [-0.39, 0.29) is 11.1 Å². The van der Waals surface area contributed by atoms with Crippen LogP contribution in [0, 0.1) is 16.2 Å². The van der Waals surface area contributed by atoms with Crippen molar-refractivity contribution in [2.45, 2.75) is 66.5 Å². The van der Waals surface area contributed by atoms with E-state index in [1.54, 1.807) is 0 Å². The fourth-order valence-corrected chi connectivity index (χ4v) is 5.47. The summed E-state index contributed by atoms with van der Waals surface area (Å²) >= 11 is 0. The molecule has 0 bridgehead atoms. The molecule has 1 saturated carbocycles. The predicted octanol–water partition coefficient (Wildman–Crippen LogP) is 3.54. The highest BCUT2D eigenvalue weighted by Gasteiger charge is 2.91. The van der Waals surface area contributed by atoms with E-state index in [1.165, 1.54) is 0 Å². The Bertz CT molecular complexity index is 296. The van der Waals surface area contributed by atoms with E-state index in [1.807, 2.05) is 0 Å². The second kappa shape index (κ2) is 2.16. The van der Waals surface area contributed by atoms with Crippen molar-refractivity contribution in [1.82, 2.24) is 4.90 Å². The van der Waals surface area contributed by atoms with Gasteiger partial charge in [-0.15, -0.1) is 0 Å². The molecule has 0 radical (unpaired) electrons. The molecule has 15 heavy (non-hydrogen) atoms. The summed E-state index contributed by atoms with van der Waals surface area (Å²) in [5.41, 5.74) is 1.86. The molecule has 1 heterocycles. The van der Waals surface area contributed by atoms with Crippen LogP contribution in [0.4, 0.5) is 0 Å². The molecule has 1 heteroatoms. The van der Waals surface area contributed by atoms with E-state index >= 15 is 0 Å². The van der Waals surface area contributed by atoms with Crippen LogP contribution in [-0.4, -0.2) is 23.0 Å². The number of fused-ring (bicyclic) bond motifs is 1. The van der Waals surface area contributed by atoms with Crippen LogP contribution in [0.5, 0.6) is 0 Å². The third kappa shape index (κ3) is 0.661. The van der Waals surface area contributed by atoms with Crippen LogP contribution in [0.1, 0.15) is 55.4 Å². The van der Waals surface area contributed by atoms with Gasteiger partial charge in [0.15, 0.2) is 0 Å². The van der Waals surface area contributed by atoms with Crippen LogP contribution in [0.2, 0.25) is 0 Å². The SMILES string of the molecule is CN1C(C)(C)C2(C)C(C)(C)C2(C)C1(C)C. The fraction of sp³-hybridized carbons (Fsp3) is 1.00. The van der Waals surface area contributed by atoms with Gasteiger partial charge in [0.1, 0.15) is 0 Å². The molecule has 1 aliphatic carbocycles. The number of hydrogen-bond acceptors (Lipinski definition) is 1. The van der Waals surface area contributed by atoms with Gasteiger partial charge in [-0.3, -0.25) is 4.90 Å². The molecule has 1 nitrogen and oxygen atoms in total. The minimum Gasteiger partial charge on any atom is -0.295 e. The molecule has 0 amide bonds. The Labute approximate surface area is 95.2 Å². The average molecular weight is 209 g/mol. The minimum absolute atomic E-state index is 0.286. The summed E-state index contributed by atoms with van der Waals surface area (Å²) in [5.74, 6) is 0. The summed E-state index contributed by atoms with van der Waals surface area (Å²) in [4.78, 5) is 2.59. The third-order valence-corrected chi connectivity index (χ3v) is 7.56. The van der Waals surface area contributed by atoms with Gasteiger partial charge in [0.25, 0.3) is 0 Å². The Morgan fingerprint density at radius 2 is 0.867 bits per heavy atom. The smallest absolute Gasteiger partial charge is 0.0220 e. The largest absolute Gasteiger partial charge is 0.295 e. The monoisotopic (exact) mass is 209 g/mol. The zero-order valence-corrected chi connectivity index (χ0v) is 11.9. The Kier molecular flexibility index (Phi) is 1.65. The summed E-state index contributed by atoms with van der Waals surface area (Å²) in [5, 5.41) is 0. The third-order valence-electron chi connectivity index (χ3n) is 7.56. The molecular weight excluding hydrogens is 182 g/mol. The standard InChI is InChI=1S/C14H27N/c1-10(2)13(7)11(3,4)15(9)12(5,6)14(10,13)8/h1-9H3. The Balaban J connectivity index is 2.66. The first-order valence-electron chi connectivity index (χ1n) is 6.14. The Morgan fingerprint density at radius 3 is 1.07 bits per heavy atom. The van der Waals surface area contributed by atoms with Crippen molar-refractivity contribution in [2.24, 2.45) is 16.2 Å². The first kappa shape index (κ1) is 11.4. The summed E-state index contributed by atoms with van der Waals surface area (Å²) < 4.78 is 0. The molecule has 2 fully saturated rings. The number of rotatable bonds is 0. The molecule has 0 spiro atoms. The van der Waals surface area contributed by atoms with E-state index in [2.05, 4.69) is 67.3 Å². The molecule has 2 aliphatic rings. The lowest BCUT2D eigenvalue weighted by Gasteiger charge is -2.47. The topological polar surface area (TPSA) is 3.24 Å². The summed E-state index contributed by atoms with van der Waals surface area (Å²) in [7, 11) is 2.29. The molecule has 0 aromatic heterocycles. The van der Waals surface area contributed by atoms with E-state index in [0.29, 0.717) is 16.2 Å². The first-order valence-corrected chi connectivity index (χ1v) is 6.14. The molecule has 1 saturated heterocycles. The van der Waals surface area contributed by atoms with Crippen molar-refractivity contribution in [3.8, 4) is 0 Å². The zero-order valence-electron chi connectivity index (χ0n) is 11.9. The molecule has 2 rings (SSSR count). The van der Waals surface area contributed by atoms with Crippen LogP contribution in [0.3, 0.4) is 0 Å². The molecule has 2 atom stereocenters. The van der Waals surface area contributed by atoms with Crippen molar-refractivity contribution >= 4 is 0 Å². The van der Waals surface area contributed by atoms with E-state index in [0.717, 1.165) is 0 Å². The number of likely N-dealkylation sites (tertiary alicyclic amines) is 1. The second-order valence-corrected chi connectivity index (χ2v) is 7.55. The highest BCUT2D eigenvalue weighted by Crippen LogP contribution is 2.90. The van der Waals surface area contributed by atoms with Gasteiger partial charge in [0, 0.05) is 11.1 Å². The van der Waals surface area contributed by atoms with E-state index in [4.69, 9.17) is 0 Å². The van der Waals surface area contributed by atoms with E-state index in [9.17, 15) is 0 Å². The van der Waals surface area contributed by atoms with Crippen molar-refractivity contribution in [3.05, 3.63) is 0 Å². The summed E-state index contributed by atoms with van der Waals surface area (Å²) in [6.07, 6.45) is 0. The number of hydrogen-bond donors (Lipinski definition) is 0.